The zero-order valence-corrected chi connectivity index (χ0v) is 14.4. The molecule has 2 unspecified atom stereocenters. The summed E-state index contributed by atoms with van der Waals surface area (Å²) in [5.41, 5.74) is 2.34. The maximum Gasteiger partial charge on any atom is 0.226 e. The highest BCUT2D eigenvalue weighted by molar-refractivity contribution is 5.79. The van der Waals surface area contributed by atoms with Crippen LogP contribution in [0.3, 0.4) is 0 Å². The molecule has 2 aliphatic heterocycles. The van der Waals surface area contributed by atoms with Crippen LogP contribution in [0.1, 0.15) is 31.7 Å². The number of anilines is 1. The first kappa shape index (κ1) is 17.2. The van der Waals surface area contributed by atoms with E-state index < -0.39 is 0 Å². The molecule has 0 aliphatic carbocycles. The van der Waals surface area contributed by atoms with Crippen molar-refractivity contribution in [1.82, 2.24) is 5.32 Å². The molecule has 0 spiro atoms. The van der Waals surface area contributed by atoms with Gasteiger partial charge in [-0.3, -0.25) is 4.79 Å². The third kappa shape index (κ3) is 4.08. The maximum atomic E-state index is 12.2. The molecule has 0 saturated carbocycles. The Bertz CT molecular complexity index is 538. The molecule has 0 bridgehead atoms. The molecule has 2 heterocycles. The summed E-state index contributed by atoms with van der Waals surface area (Å²) in [5, 5.41) is 12.2. The summed E-state index contributed by atoms with van der Waals surface area (Å²) in [4.78, 5) is 14.5. The van der Waals surface area contributed by atoms with E-state index >= 15 is 0 Å². The quantitative estimate of drug-likeness (QED) is 0.865. The highest BCUT2D eigenvalue weighted by Crippen LogP contribution is 2.24. The molecule has 1 aromatic carbocycles. The van der Waals surface area contributed by atoms with Crippen LogP contribution in [0.2, 0.25) is 0 Å². The van der Waals surface area contributed by atoms with Gasteiger partial charge in [0.25, 0.3) is 0 Å². The molecule has 2 fully saturated rings. The second-order valence-electron chi connectivity index (χ2n) is 6.97. The van der Waals surface area contributed by atoms with Crippen molar-refractivity contribution in [2.45, 2.75) is 38.8 Å². The predicted molar refractivity (Wildman–Crippen MR) is 93.8 cm³/mol. The minimum atomic E-state index is -0.0166. The van der Waals surface area contributed by atoms with Gasteiger partial charge in [-0.1, -0.05) is 12.1 Å². The van der Waals surface area contributed by atoms with Crippen LogP contribution in [0.25, 0.3) is 0 Å². The molecule has 132 valence electrons. The Labute approximate surface area is 144 Å². The van der Waals surface area contributed by atoms with Crippen molar-refractivity contribution < 1.29 is 14.6 Å². The lowest BCUT2D eigenvalue weighted by atomic mass is 9.97. The number of aliphatic hydroxyl groups is 1. The molecule has 1 amide bonds. The van der Waals surface area contributed by atoms with Crippen molar-refractivity contribution in [2.24, 2.45) is 11.8 Å². The highest BCUT2D eigenvalue weighted by atomic mass is 16.5. The smallest absolute Gasteiger partial charge is 0.226 e. The molecule has 2 aliphatic rings. The number of nitrogens with zero attached hydrogens (tertiary/aromatic N) is 1. The average Bonchev–Trinajstić information content (AvgIpc) is 3.06. The number of hydrogen-bond acceptors (Lipinski definition) is 4. The Morgan fingerprint density at radius 3 is 2.54 bits per heavy atom. The van der Waals surface area contributed by atoms with E-state index in [1.54, 1.807) is 0 Å². The number of carbonyl (C=O) groups is 1. The number of ether oxygens (including phenoxy) is 1. The van der Waals surface area contributed by atoms with E-state index in [1.165, 1.54) is 5.69 Å². The minimum absolute atomic E-state index is 0.0166. The third-order valence-corrected chi connectivity index (χ3v) is 5.35. The molecular weight excluding hydrogens is 304 g/mol. The van der Waals surface area contributed by atoms with Gasteiger partial charge in [0.2, 0.25) is 5.91 Å². The summed E-state index contributed by atoms with van der Waals surface area (Å²) in [6, 6.07) is 8.43. The van der Waals surface area contributed by atoms with Crippen molar-refractivity contribution in [1.29, 1.82) is 0 Å². The Morgan fingerprint density at radius 1 is 1.25 bits per heavy atom. The van der Waals surface area contributed by atoms with Crippen LogP contribution in [-0.2, 0) is 16.1 Å². The summed E-state index contributed by atoms with van der Waals surface area (Å²) in [6.07, 6.45) is 2.94. The standard InChI is InChI=1S/C19H28N2O3/c1-14-18(8-11-24-14)19(23)20-12-15-2-4-17(5-3-15)21-9-6-16(13-22)7-10-21/h2-5,14,16,18,22H,6-13H2,1H3,(H,20,23). The van der Waals surface area contributed by atoms with Gasteiger partial charge >= 0.3 is 0 Å². The Morgan fingerprint density at radius 2 is 1.96 bits per heavy atom. The van der Waals surface area contributed by atoms with Gasteiger partial charge in [0, 0.05) is 38.5 Å². The Hall–Kier alpha value is -1.59. The van der Waals surface area contributed by atoms with Crippen LogP contribution in [0.4, 0.5) is 5.69 Å². The number of carbonyl (C=O) groups excluding carboxylic acids is 1. The molecule has 24 heavy (non-hydrogen) atoms. The first-order valence-electron chi connectivity index (χ1n) is 9.01. The van der Waals surface area contributed by atoms with Crippen LogP contribution < -0.4 is 10.2 Å². The van der Waals surface area contributed by atoms with E-state index in [4.69, 9.17) is 4.74 Å². The number of benzene rings is 1. The molecular formula is C19H28N2O3. The molecule has 3 rings (SSSR count). The monoisotopic (exact) mass is 332 g/mol. The van der Waals surface area contributed by atoms with E-state index in [-0.39, 0.29) is 17.9 Å². The molecule has 2 atom stereocenters. The van der Waals surface area contributed by atoms with Gasteiger partial charge in [-0.2, -0.15) is 0 Å². The van der Waals surface area contributed by atoms with Crippen molar-refractivity contribution in [3.63, 3.8) is 0 Å². The first-order valence-corrected chi connectivity index (χ1v) is 9.01. The van der Waals surface area contributed by atoms with Crippen LogP contribution in [0.15, 0.2) is 24.3 Å². The Kier molecular flexibility index (Phi) is 5.74. The summed E-state index contributed by atoms with van der Waals surface area (Å²) < 4.78 is 5.46. The number of nitrogens with one attached hydrogen (secondary N) is 1. The van der Waals surface area contributed by atoms with Gasteiger partial charge in [-0.05, 0) is 49.8 Å². The zero-order chi connectivity index (χ0) is 16.9. The molecule has 0 aromatic heterocycles. The molecule has 0 radical (unpaired) electrons. The van der Waals surface area contributed by atoms with E-state index in [0.29, 0.717) is 25.7 Å². The number of aliphatic hydroxyl groups excluding tert-OH is 1. The number of rotatable bonds is 5. The molecule has 2 saturated heterocycles. The number of amides is 1. The van der Waals surface area contributed by atoms with Crippen LogP contribution in [0.5, 0.6) is 0 Å². The lowest BCUT2D eigenvalue weighted by molar-refractivity contribution is -0.126. The summed E-state index contributed by atoms with van der Waals surface area (Å²) in [5.74, 6) is 0.532. The predicted octanol–water partition coefficient (Wildman–Crippen LogP) is 1.94. The van der Waals surface area contributed by atoms with Crippen LogP contribution in [0, 0.1) is 11.8 Å². The van der Waals surface area contributed by atoms with Crippen molar-refractivity contribution >= 4 is 11.6 Å². The largest absolute Gasteiger partial charge is 0.396 e. The van der Waals surface area contributed by atoms with Gasteiger partial charge in [0.15, 0.2) is 0 Å². The van der Waals surface area contributed by atoms with Crippen LogP contribution in [-0.4, -0.2) is 43.4 Å². The van der Waals surface area contributed by atoms with Crippen molar-refractivity contribution in [2.75, 3.05) is 31.2 Å². The second kappa shape index (κ2) is 7.99. The average molecular weight is 332 g/mol. The van der Waals surface area contributed by atoms with Crippen molar-refractivity contribution in [3.05, 3.63) is 29.8 Å². The SMILES string of the molecule is CC1OCCC1C(=O)NCc1ccc(N2CCC(CO)CC2)cc1. The minimum Gasteiger partial charge on any atom is -0.396 e. The number of piperidine rings is 1. The molecule has 5 nitrogen and oxygen atoms in total. The number of hydrogen-bond donors (Lipinski definition) is 2. The van der Waals surface area contributed by atoms with Gasteiger partial charge in [0.1, 0.15) is 0 Å². The lowest BCUT2D eigenvalue weighted by Crippen LogP contribution is -2.35. The molecule has 1 aromatic rings. The third-order valence-electron chi connectivity index (χ3n) is 5.35. The van der Waals surface area contributed by atoms with Gasteiger partial charge in [-0.25, -0.2) is 0 Å². The normalized spacial score (nSPS) is 25.0. The van der Waals surface area contributed by atoms with Gasteiger partial charge < -0.3 is 20.1 Å². The van der Waals surface area contributed by atoms with E-state index in [2.05, 4.69) is 34.5 Å². The van der Waals surface area contributed by atoms with E-state index in [0.717, 1.165) is 37.9 Å². The lowest BCUT2D eigenvalue weighted by Gasteiger charge is -2.33. The maximum absolute atomic E-state index is 12.2. The summed E-state index contributed by atoms with van der Waals surface area (Å²) >= 11 is 0. The first-order chi connectivity index (χ1) is 11.7. The summed E-state index contributed by atoms with van der Waals surface area (Å²) in [7, 11) is 0. The Balaban J connectivity index is 1.49. The topological polar surface area (TPSA) is 61.8 Å². The van der Waals surface area contributed by atoms with Crippen molar-refractivity contribution in [3.8, 4) is 0 Å². The van der Waals surface area contributed by atoms with Crippen LogP contribution >= 0.6 is 0 Å². The highest BCUT2D eigenvalue weighted by Gasteiger charge is 2.30. The fourth-order valence-corrected chi connectivity index (χ4v) is 3.59. The van der Waals surface area contributed by atoms with E-state index in [9.17, 15) is 9.90 Å². The van der Waals surface area contributed by atoms with Gasteiger partial charge in [-0.15, -0.1) is 0 Å². The zero-order valence-electron chi connectivity index (χ0n) is 14.4. The molecule has 5 heteroatoms. The summed E-state index contributed by atoms with van der Waals surface area (Å²) in [6.45, 7) is 5.51. The van der Waals surface area contributed by atoms with Gasteiger partial charge in [0.05, 0.1) is 12.0 Å². The second-order valence-corrected chi connectivity index (χ2v) is 6.97. The fraction of sp³-hybridized carbons (Fsp3) is 0.632. The molecule has 2 N–H and O–H groups in total. The van der Waals surface area contributed by atoms with E-state index in [1.807, 2.05) is 6.92 Å². The fourth-order valence-electron chi connectivity index (χ4n) is 3.59.